The Labute approximate surface area is 158 Å². The number of rotatable bonds is 5. The van der Waals surface area contributed by atoms with Crippen molar-refractivity contribution in [3.05, 3.63) is 40.9 Å². The first-order chi connectivity index (χ1) is 12.6. The topological polar surface area (TPSA) is 71.1 Å². The van der Waals surface area contributed by atoms with Crippen LogP contribution in [0.25, 0.3) is 10.6 Å². The third-order valence-electron chi connectivity index (χ3n) is 4.84. The maximum atomic E-state index is 12.4. The molecule has 0 saturated heterocycles. The van der Waals surface area contributed by atoms with Gasteiger partial charge >= 0.3 is 0 Å². The number of nitrogens with one attached hydrogen (secondary N) is 2. The third-order valence-corrected chi connectivity index (χ3v) is 6.05. The van der Waals surface area contributed by atoms with E-state index in [0.29, 0.717) is 22.9 Å². The fourth-order valence-electron chi connectivity index (χ4n) is 3.37. The first kappa shape index (κ1) is 18.6. The van der Waals surface area contributed by atoms with E-state index in [1.165, 1.54) is 43.4 Å². The van der Waals surface area contributed by atoms with Gasteiger partial charge < -0.3 is 0 Å². The third kappa shape index (κ3) is 4.91. The maximum absolute atomic E-state index is 12.4. The molecule has 5 nitrogen and oxygen atoms in total. The molecule has 2 aromatic rings. The molecule has 2 amide bonds. The van der Waals surface area contributed by atoms with Gasteiger partial charge in [0.25, 0.3) is 5.91 Å². The zero-order valence-electron chi connectivity index (χ0n) is 15.1. The molecule has 1 aliphatic carbocycles. The molecule has 1 aromatic heterocycles. The highest BCUT2D eigenvalue weighted by atomic mass is 32.1. The molecule has 0 aliphatic heterocycles. The number of hydrogen-bond acceptors (Lipinski definition) is 4. The second-order valence-corrected chi connectivity index (χ2v) is 7.84. The van der Waals surface area contributed by atoms with Gasteiger partial charge in [-0.2, -0.15) is 0 Å². The number of carbonyl (C=O) groups is 2. The van der Waals surface area contributed by atoms with Crippen molar-refractivity contribution in [3.63, 3.8) is 0 Å². The van der Waals surface area contributed by atoms with E-state index in [-0.39, 0.29) is 11.8 Å². The first-order valence-corrected chi connectivity index (χ1v) is 10.1. The van der Waals surface area contributed by atoms with Gasteiger partial charge in [-0.3, -0.25) is 20.4 Å². The van der Waals surface area contributed by atoms with Gasteiger partial charge in [0, 0.05) is 12.0 Å². The fraction of sp³-hybridized carbons (Fsp3) is 0.450. The Morgan fingerprint density at radius 2 is 1.85 bits per heavy atom. The zero-order valence-corrected chi connectivity index (χ0v) is 15.9. The van der Waals surface area contributed by atoms with Gasteiger partial charge in [-0.15, -0.1) is 11.3 Å². The highest BCUT2D eigenvalue weighted by Gasteiger charge is 2.18. The van der Waals surface area contributed by atoms with Gasteiger partial charge in [-0.05, 0) is 19.3 Å². The quantitative estimate of drug-likeness (QED) is 0.772. The molecule has 0 atom stereocenters. The van der Waals surface area contributed by atoms with Crippen LogP contribution in [0, 0.1) is 12.8 Å². The lowest BCUT2D eigenvalue weighted by atomic mass is 9.86. The number of aryl methyl sites for hydroxylation is 1. The van der Waals surface area contributed by atoms with Crippen molar-refractivity contribution in [1.29, 1.82) is 0 Å². The summed E-state index contributed by atoms with van der Waals surface area (Å²) in [6.07, 6.45) is 7.68. The Kier molecular flexibility index (Phi) is 6.39. The average molecular weight is 372 g/mol. The summed E-state index contributed by atoms with van der Waals surface area (Å²) in [5.41, 5.74) is 6.71. The average Bonchev–Trinajstić information content (AvgIpc) is 3.08. The van der Waals surface area contributed by atoms with Crippen molar-refractivity contribution in [2.24, 2.45) is 5.92 Å². The van der Waals surface area contributed by atoms with Crippen molar-refractivity contribution in [2.45, 2.75) is 51.9 Å². The fourth-order valence-corrected chi connectivity index (χ4v) is 4.34. The molecule has 0 radical (unpaired) electrons. The van der Waals surface area contributed by atoms with Crippen LogP contribution in [-0.4, -0.2) is 16.8 Å². The van der Waals surface area contributed by atoms with E-state index in [9.17, 15) is 9.59 Å². The van der Waals surface area contributed by atoms with Crippen molar-refractivity contribution in [1.82, 2.24) is 15.8 Å². The van der Waals surface area contributed by atoms with Crippen LogP contribution in [0.15, 0.2) is 30.3 Å². The molecule has 26 heavy (non-hydrogen) atoms. The van der Waals surface area contributed by atoms with E-state index in [2.05, 4.69) is 15.8 Å². The number of thiazole rings is 1. The van der Waals surface area contributed by atoms with Gasteiger partial charge in [0.15, 0.2) is 0 Å². The number of hydrazine groups is 1. The Morgan fingerprint density at radius 1 is 1.12 bits per heavy atom. The Hall–Kier alpha value is -2.21. The minimum atomic E-state index is -0.312. The minimum absolute atomic E-state index is 0.130. The Balaban J connectivity index is 1.50. The summed E-state index contributed by atoms with van der Waals surface area (Å²) < 4.78 is 0. The number of carbonyl (C=O) groups excluding carboxylic acids is 2. The molecular weight excluding hydrogens is 346 g/mol. The van der Waals surface area contributed by atoms with Crippen LogP contribution in [0.2, 0.25) is 0 Å². The van der Waals surface area contributed by atoms with Crippen LogP contribution in [0.3, 0.4) is 0 Å². The molecule has 1 aromatic carbocycles. The minimum Gasteiger partial charge on any atom is -0.273 e. The Morgan fingerprint density at radius 3 is 2.58 bits per heavy atom. The summed E-state index contributed by atoms with van der Waals surface area (Å²) in [4.78, 5) is 29.4. The lowest BCUT2D eigenvalue weighted by Gasteiger charge is -2.20. The molecule has 1 fully saturated rings. The van der Waals surface area contributed by atoms with Crippen LogP contribution in [0.5, 0.6) is 0 Å². The predicted molar refractivity (Wildman–Crippen MR) is 104 cm³/mol. The van der Waals surface area contributed by atoms with Crippen LogP contribution in [0.4, 0.5) is 0 Å². The summed E-state index contributed by atoms with van der Waals surface area (Å²) >= 11 is 1.33. The first-order valence-electron chi connectivity index (χ1n) is 9.25. The standard InChI is InChI=1S/C20H25N3O2S/c1-14-18(26-20(21-14)16-10-6-3-7-11-16)19(25)23-22-17(24)13-12-15-8-4-2-5-9-15/h3,6-7,10-11,15H,2,4-5,8-9,12-13H2,1H3,(H,22,24)(H,23,25). The number of benzene rings is 1. The van der Waals surface area contributed by atoms with Crippen molar-refractivity contribution < 1.29 is 9.59 Å². The molecule has 138 valence electrons. The molecular formula is C20H25N3O2S. The molecule has 3 rings (SSSR count). The summed E-state index contributed by atoms with van der Waals surface area (Å²) in [7, 11) is 0. The van der Waals surface area contributed by atoms with E-state index >= 15 is 0 Å². The van der Waals surface area contributed by atoms with E-state index < -0.39 is 0 Å². The molecule has 6 heteroatoms. The monoisotopic (exact) mass is 371 g/mol. The summed E-state index contributed by atoms with van der Waals surface area (Å²) in [5, 5.41) is 0.803. The van der Waals surface area contributed by atoms with E-state index in [1.54, 1.807) is 0 Å². The summed E-state index contributed by atoms with van der Waals surface area (Å²) in [6, 6.07) is 9.76. The van der Waals surface area contributed by atoms with Gasteiger partial charge in [0.2, 0.25) is 5.91 Å². The second-order valence-electron chi connectivity index (χ2n) is 6.84. The van der Waals surface area contributed by atoms with Crippen molar-refractivity contribution in [2.75, 3.05) is 0 Å². The Bertz CT molecular complexity index is 752. The van der Waals surface area contributed by atoms with E-state index in [1.807, 2.05) is 37.3 Å². The summed E-state index contributed by atoms with van der Waals surface area (Å²) in [6.45, 7) is 1.81. The molecule has 2 N–H and O–H groups in total. The van der Waals surface area contributed by atoms with Crippen molar-refractivity contribution >= 4 is 23.2 Å². The van der Waals surface area contributed by atoms with Crippen LogP contribution in [-0.2, 0) is 4.79 Å². The zero-order chi connectivity index (χ0) is 18.4. The van der Waals surface area contributed by atoms with Gasteiger partial charge in [0.1, 0.15) is 9.88 Å². The molecule has 1 heterocycles. The maximum Gasteiger partial charge on any atom is 0.281 e. The molecule has 0 spiro atoms. The lowest BCUT2D eigenvalue weighted by Crippen LogP contribution is -2.41. The highest BCUT2D eigenvalue weighted by molar-refractivity contribution is 7.17. The van der Waals surface area contributed by atoms with E-state index in [4.69, 9.17) is 0 Å². The molecule has 1 saturated carbocycles. The number of hydrogen-bond donors (Lipinski definition) is 2. The van der Waals surface area contributed by atoms with Crippen LogP contribution >= 0.6 is 11.3 Å². The summed E-state index contributed by atoms with van der Waals surface area (Å²) in [5.74, 6) is 0.213. The molecule has 0 bridgehead atoms. The predicted octanol–water partition coefficient (Wildman–Crippen LogP) is 4.24. The molecule has 1 aliphatic rings. The highest BCUT2D eigenvalue weighted by Crippen LogP contribution is 2.28. The SMILES string of the molecule is Cc1nc(-c2ccccc2)sc1C(=O)NNC(=O)CCC1CCCCC1. The van der Waals surface area contributed by atoms with Gasteiger partial charge in [0.05, 0.1) is 5.69 Å². The lowest BCUT2D eigenvalue weighted by molar-refractivity contribution is -0.122. The van der Waals surface area contributed by atoms with Gasteiger partial charge in [-0.25, -0.2) is 4.98 Å². The van der Waals surface area contributed by atoms with Crippen LogP contribution in [0.1, 0.15) is 60.3 Å². The normalized spacial score (nSPS) is 14.8. The van der Waals surface area contributed by atoms with Gasteiger partial charge in [-0.1, -0.05) is 62.4 Å². The van der Waals surface area contributed by atoms with Crippen molar-refractivity contribution in [3.8, 4) is 10.6 Å². The second kappa shape index (κ2) is 8.94. The number of aromatic nitrogens is 1. The van der Waals surface area contributed by atoms with Crippen LogP contribution < -0.4 is 10.9 Å². The number of amides is 2. The van der Waals surface area contributed by atoms with E-state index in [0.717, 1.165) is 17.0 Å². The molecule has 0 unspecified atom stereocenters. The largest absolute Gasteiger partial charge is 0.281 e. The smallest absolute Gasteiger partial charge is 0.273 e. The number of nitrogens with zero attached hydrogens (tertiary/aromatic N) is 1.